The Labute approximate surface area is 143 Å². The largest absolute Gasteiger partial charge is 0.468 e. The lowest BCUT2D eigenvalue weighted by Crippen LogP contribution is -2.48. The smallest absolute Gasteiger partial charge is 0.226 e. The van der Waals surface area contributed by atoms with E-state index in [0.29, 0.717) is 12.8 Å². The van der Waals surface area contributed by atoms with Gasteiger partial charge in [-0.2, -0.15) is 0 Å². The number of carbonyl (C=O) groups excluding carboxylic acids is 1. The zero-order chi connectivity index (χ0) is 17.2. The molecule has 3 heterocycles. The van der Waals surface area contributed by atoms with Crippen molar-refractivity contribution in [3.63, 3.8) is 0 Å². The second-order valence-corrected chi connectivity index (χ2v) is 9.29. The highest BCUT2D eigenvalue weighted by Crippen LogP contribution is 2.24. The van der Waals surface area contributed by atoms with Crippen LogP contribution < -0.4 is 0 Å². The van der Waals surface area contributed by atoms with Crippen molar-refractivity contribution in [2.75, 3.05) is 31.6 Å². The van der Waals surface area contributed by atoms with Gasteiger partial charge in [0.15, 0.2) is 0 Å². The molecule has 2 aliphatic rings. The summed E-state index contributed by atoms with van der Waals surface area (Å²) in [5, 5.41) is 0. The fraction of sp³-hybridized carbons (Fsp3) is 0.706. The van der Waals surface area contributed by atoms with Crippen molar-refractivity contribution in [3.05, 3.63) is 24.2 Å². The molecule has 0 N–H and O–H groups in total. The summed E-state index contributed by atoms with van der Waals surface area (Å²) in [5.41, 5.74) is 0. The van der Waals surface area contributed by atoms with Gasteiger partial charge >= 0.3 is 0 Å². The Kier molecular flexibility index (Phi) is 5.30. The molecule has 1 amide bonds. The molecule has 0 aromatic carbocycles. The number of amides is 1. The molecule has 0 aliphatic carbocycles. The third-order valence-corrected chi connectivity index (χ3v) is 6.95. The molecule has 1 aromatic rings. The number of furan rings is 1. The first-order valence-corrected chi connectivity index (χ1v) is 10.5. The van der Waals surface area contributed by atoms with E-state index in [2.05, 4.69) is 4.90 Å². The Balaban J connectivity index is 1.55. The van der Waals surface area contributed by atoms with Gasteiger partial charge in [-0.15, -0.1) is 0 Å². The molecule has 0 saturated carbocycles. The molecule has 2 saturated heterocycles. The number of nitrogens with zero attached hydrogens (tertiary/aromatic N) is 2. The van der Waals surface area contributed by atoms with Crippen LogP contribution in [0.1, 0.15) is 31.4 Å². The number of piperidine rings is 1. The van der Waals surface area contributed by atoms with Gasteiger partial charge in [-0.25, -0.2) is 8.42 Å². The third kappa shape index (κ3) is 4.19. The minimum atomic E-state index is -2.89. The molecular weight excluding hydrogens is 328 g/mol. The van der Waals surface area contributed by atoms with Crippen LogP contribution in [0, 0.1) is 5.92 Å². The first-order valence-electron chi connectivity index (χ1n) is 8.66. The monoisotopic (exact) mass is 354 g/mol. The highest BCUT2D eigenvalue weighted by Gasteiger charge is 2.33. The van der Waals surface area contributed by atoms with Crippen LogP contribution in [0.4, 0.5) is 0 Å². The Morgan fingerprint density at radius 3 is 2.75 bits per heavy atom. The van der Waals surface area contributed by atoms with Crippen LogP contribution in [-0.4, -0.2) is 61.8 Å². The minimum absolute atomic E-state index is 0.00255. The van der Waals surface area contributed by atoms with Crippen LogP contribution in [-0.2, 0) is 21.2 Å². The van der Waals surface area contributed by atoms with Crippen LogP contribution in [0.25, 0.3) is 0 Å². The fourth-order valence-corrected chi connectivity index (χ4v) is 5.22. The lowest BCUT2D eigenvalue weighted by Gasteiger charge is -2.37. The summed E-state index contributed by atoms with van der Waals surface area (Å²) in [6, 6.07) is 3.90. The molecule has 24 heavy (non-hydrogen) atoms. The lowest BCUT2D eigenvalue weighted by molar-refractivity contribution is -0.138. The standard InChI is InChI=1S/C17H26N2O4S/c1-18(15-6-10-24(21,22)11-7-15)17(20)14-4-2-8-19(12-14)13-16-5-3-9-23-16/h3,5,9,14-15H,2,4,6-8,10-13H2,1H3/t14-/m1/s1. The van der Waals surface area contributed by atoms with Crippen LogP contribution in [0.5, 0.6) is 0 Å². The van der Waals surface area contributed by atoms with Gasteiger partial charge in [0, 0.05) is 19.6 Å². The number of sulfone groups is 1. The van der Waals surface area contributed by atoms with E-state index in [4.69, 9.17) is 4.42 Å². The maximum Gasteiger partial charge on any atom is 0.226 e. The van der Waals surface area contributed by atoms with Crippen molar-refractivity contribution in [1.82, 2.24) is 9.80 Å². The molecule has 0 unspecified atom stereocenters. The third-order valence-electron chi connectivity index (χ3n) is 5.23. The molecule has 2 fully saturated rings. The Morgan fingerprint density at radius 1 is 1.33 bits per heavy atom. The molecule has 0 bridgehead atoms. The van der Waals surface area contributed by atoms with Crippen molar-refractivity contribution >= 4 is 15.7 Å². The molecule has 1 aromatic heterocycles. The second-order valence-electron chi connectivity index (χ2n) is 6.99. The van der Waals surface area contributed by atoms with E-state index in [1.165, 1.54) is 0 Å². The summed E-state index contributed by atoms with van der Waals surface area (Å²) in [4.78, 5) is 16.9. The molecule has 1 atom stereocenters. The summed E-state index contributed by atoms with van der Waals surface area (Å²) in [7, 11) is -1.06. The van der Waals surface area contributed by atoms with Gasteiger partial charge in [-0.1, -0.05) is 0 Å². The molecular formula is C17H26N2O4S. The zero-order valence-corrected chi connectivity index (χ0v) is 15.0. The fourth-order valence-electron chi connectivity index (χ4n) is 3.76. The van der Waals surface area contributed by atoms with E-state index < -0.39 is 9.84 Å². The van der Waals surface area contributed by atoms with Crippen molar-refractivity contribution < 1.29 is 17.6 Å². The highest BCUT2D eigenvalue weighted by molar-refractivity contribution is 7.91. The Hall–Kier alpha value is -1.34. The number of likely N-dealkylation sites (tertiary alicyclic amines) is 1. The lowest BCUT2D eigenvalue weighted by atomic mass is 9.95. The van der Waals surface area contributed by atoms with Gasteiger partial charge in [0.05, 0.1) is 30.2 Å². The summed E-state index contributed by atoms with van der Waals surface area (Å²) in [6.45, 7) is 2.47. The van der Waals surface area contributed by atoms with Crippen molar-refractivity contribution in [3.8, 4) is 0 Å². The van der Waals surface area contributed by atoms with Crippen LogP contribution in [0.3, 0.4) is 0 Å². The predicted molar refractivity (Wildman–Crippen MR) is 91.2 cm³/mol. The van der Waals surface area contributed by atoms with Gasteiger partial charge in [0.25, 0.3) is 0 Å². The van der Waals surface area contributed by atoms with E-state index in [0.717, 1.165) is 38.2 Å². The molecule has 7 heteroatoms. The van der Waals surface area contributed by atoms with Gasteiger partial charge in [-0.3, -0.25) is 9.69 Å². The normalized spacial score (nSPS) is 25.5. The predicted octanol–water partition coefficient (Wildman–Crippen LogP) is 1.53. The van der Waals surface area contributed by atoms with Gasteiger partial charge in [-0.05, 0) is 44.4 Å². The van der Waals surface area contributed by atoms with Gasteiger partial charge in [0.2, 0.25) is 5.91 Å². The first-order chi connectivity index (χ1) is 11.4. The van der Waals surface area contributed by atoms with E-state index in [-0.39, 0.29) is 29.4 Å². The number of rotatable bonds is 4. The van der Waals surface area contributed by atoms with Crippen LogP contribution in [0.2, 0.25) is 0 Å². The average molecular weight is 354 g/mol. The van der Waals surface area contributed by atoms with E-state index in [1.807, 2.05) is 19.2 Å². The van der Waals surface area contributed by atoms with Crippen molar-refractivity contribution in [2.45, 2.75) is 38.3 Å². The summed E-state index contributed by atoms with van der Waals surface area (Å²) in [6.07, 6.45) is 4.71. The first kappa shape index (κ1) is 17.5. The zero-order valence-electron chi connectivity index (χ0n) is 14.2. The molecule has 0 spiro atoms. The average Bonchev–Trinajstić information content (AvgIpc) is 3.07. The molecule has 134 valence electrons. The second kappa shape index (κ2) is 7.27. The number of hydrogen-bond donors (Lipinski definition) is 0. The number of hydrogen-bond acceptors (Lipinski definition) is 5. The minimum Gasteiger partial charge on any atom is -0.468 e. The van der Waals surface area contributed by atoms with Crippen LogP contribution in [0.15, 0.2) is 22.8 Å². The van der Waals surface area contributed by atoms with Crippen LogP contribution >= 0.6 is 0 Å². The van der Waals surface area contributed by atoms with Crippen molar-refractivity contribution in [2.24, 2.45) is 5.92 Å². The molecule has 2 aliphatic heterocycles. The summed E-state index contributed by atoms with van der Waals surface area (Å²) in [5.74, 6) is 1.48. The highest BCUT2D eigenvalue weighted by atomic mass is 32.2. The molecule has 3 rings (SSSR count). The van der Waals surface area contributed by atoms with E-state index in [1.54, 1.807) is 11.2 Å². The Morgan fingerprint density at radius 2 is 2.08 bits per heavy atom. The van der Waals surface area contributed by atoms with Crippen molar-refractivity contribution in [1.29, 1.82) is 0 Å². The molecule has 0 radical (unpaired) electrons. The SMILES string of the molecule is CN(C(=O)[C@@H]1CCCN(Cc2ccco2)C1)C1CCS(=O)(=O)CC1. The summed E-state index contributed by atoms with van der Waals surface area (Å²) >= 11 is 0. The summed E-state index contributed by atoms with van der Waals surface area (Å²) < 4.78 is 28.5. The maximum atomic E-state index is 12.8. The van der Waals surface area contributed by atoms with Gasteiger partial charge < -0.3 is 9.32 Å². The van der Waals surface area contributed by atoms with E-state index >= 15 is 0 Å². The van der Waals surface area contributed by atoms with E-state index in [9.17, 15) is 13.2 Å². The maximum absolute atomic E-state index is 12.8. The van der Waals surface area contributed by atoms with Gasteiger partial charge in [0.1, 0.15) is 15.6 Å². The molecule has 6 nitrogen and oxygen atoms in total. The quantitative estimate of drug-likeness (QED) is 0.820. The number of carbonyl (C=O) groups is 1. The Bertz CT molecular complexity index is 642. The topological polar surface area (TPSA) is 70.8 Å².